The first-order valence-corrected chi connectivity index (χ1v) is 6.64. The van der Waals surface area contributed by atoms with Crippen molar-refractivity contribution < 1.29 is 19.0 Å². The van der Waals surface area contributed by atoms with Gasteiger partial charge in [-0.2, -0.15) is 0 Å². The smallest absolute Gasteiger partial charge is 0.141 e. The van der Waals surface area contributed by atoms with Crippen molar-refractivity contribution in [3.05, 3.63) is 28.0 Å². The molecule has 3 unspecified atom stereocenters. The van der Waals surface area contributed by atoms with Crippen LogP contribution < -0.4 is 4.74 Å². The third-order valence-corrected chi connectivity index (χ3v) is 3.87. The minimum Gasteiger partial charge on any atom is -0.496 e. The minimum atomic E-state index is -0.707. The second kappa shape index (κ2) is 5.55. The maximum atomic E-state index is 13.4. The Hall–Kier alpha value is -0.650. The lowest BCUT2D eigenvalue weighted by atomic mass is 9.93. The summed E-state index contributed by atoms with van der Waals surface area (Å²) in [4.78, 5) is 0. The normalized spacial score (nSPS) is 25.2. The van der Waals surface area contributed by atoms with Crippen LogP contribution in [0, 0.1) is 11.7 Å². The van der Waals surface area contributed by atoms with Gasteiger partial charge in [0.2, 0.25) is 0 Å². The molecule has 3 nitrogen and oxygen atoms in total. The molecule has 0 bridgehead atoms. The SMILES string of the molecule is COc1cc(F)c(Br)cc1C(O)C1COC(C)C1. The van der Waals surface area contributed by atoms with Gasteiger partial charge in [0.05, 0.1) is 30.4 Å². The highest BCUT2D eigenvalue weighted by atomic mass is 79.9. The van der Waals surface area contributed by atoms with Crippen molar-refractivity contribution in [3.63, 3.8) is 0 Å². The second-order valence-electron chi connectivity index (χ2n) is 4.59. The number of halogens is 2. The number of ether oxygens (including phenoxy) is 2. The monoisotopic (exact) mass is 318 g/mol. The van der Waals surface area contributed by atoms with Gasteiger partial charge in [-0.05, 0) is 35.3 Å². The fourth-order valence-electron chi connectivity index (χ4n) is 2.28. The first-order valence-electron chi connectivity index (χ1n) is 5.85. The third kappa shape index (κ3) is 2.68. The molecule has 0 amide bonds. The topological polar surface area (TPSA) is 38.7 Å². The lowest BCUT2D eigenvalue weighted by molar-refractivity contribution is 0.0789. The maximum absolute atomic E-state index is 13.4. The van der Waals surface area contributed by atoms with Crippen LogP contribution in [0.4, 0.5) is 4.39 Å². The minimum absolute atomic E-state index is 0.0197. The maximum Gasteiger partial charge on any atom is 0.141 e. The van der Waals surface area contributed by atoms with Gasteiger partial charge < -0.3 is 14.6 Å². The van der Waals surface area contributed by atoms with E-state index in [2.05, 4.69) is 15.9 Å². The van der Waals surface area contributed by atoms with E-state index in [1.165, 1.54) is 13.2 Å². The van der Waals surface area contributed by atoms with Crippen LogP contribution in [-0.2, 0) is 4.74 Å². The Morgan fingerprint density at radius 3 is 2.83 bits per heavy atom. The summed E-state index contributed by atoms with van der Waals surface area (Å²) >= 11 is 3.13. The van der Waals surface area contributed by atoms with Crippen LogP contribution in [0.25, 0.3) is 0 Å². The molecule has 0 aromatic heterocycles. The van der Waals surface area contributed by atoms with Crippen LogP contribution in [0.1, 0.15) is 25.0 Å². The Balaban J connectivity index is 2.29. The summed E-state index contributed by atoms with van der Waals surface area (Å²) in [6, 6.07) is 2.85. The first-order chi connectivity index (χ1) is 8.52. The molecule has 18 heavy (non-hydrogen) atoms. The largest absolute Gasteiger partial charge is 0.496 e. The van der Waals surface area contributed by atoms with E-state index < -0.39 is 11.9 Å². The first kappa shape index (κ1) is 13.8. The molecule has 1 N–H and O–H groups in total. The zero-order valence-corrected chi connectivity index (χ0v) is 11.9. The van der Waals surface area contributed by atoms with E-state index in [4.69, 9.17) is 9.47 Å². The van der Waals surface area contributed by atoms with Gasteiger partial charge >= 0.3 is 0 Å². The third-order valence-electron chi connectivity index (χ3n) is 3.27. The lowest BCUT2D eigenvalue weighted by Crippen LogP contribution is -2.14. The molecule has 1 aliphatic heterocycles. The highest BCUT2D eigenvalue weighted by Crippen LogP contribution is 2.38. The van der Waals surface area contributed by atoms with Gasteiger partial charge in [0.15, 0.2) is 0 Å². The number of rotatable bonds is 3. The van der Waals surface area contributed by atoms with Crippen LogP contribution in [0.15, 0.2) is 16.6 Å². The highest BCUT2D eigenvalue weighted by molar-refractivity contribution is 9.10. The zero-order valence-electron chi connectivity index (χ0n) is 10.3. The van der Waals surface area contributed by atoms with E-state index in [9.17, 15) is 9.50 Å². The van der Waals surface area contributed by atoms with E-state index in [0.29, 0.717) is 22.4 Å². The van der Waals surface area contributed by atoms with E-state index in [0.717, 1.165) is 6.42 Å². The van der Waals surface area contributed by atoms with Crippen molar-refractivity contribution >= 4 is 15.9 Å². The Bertz CT molecular complexity index is 438. The van der Waals surface area contributed by atoms with Crippen LogP contribution >= 0.6 is 15.9 Å². The summed E-state index contributed by atoms with van der Waals surface area (Å²) in [5, 5.41) is 10.4. The molecule has 1 aliphatic rings. The Labute approximate surface area is 114 Å². The van der Waals surface area contributed by atoms with Crippen LogP contribution in [0.5, 0.6) is 5.75 Å². The average Bonchev–Trinajstić information content (AvgIpc) is 2.78. The molecule has 100 valence electrons. The molecular weight excluding hydrogens is 303 g/mol. The van der Waals surface area contributed by atoms with E-state index >= 15 is 0 Å². The lowest BCUT2D eigenvalue weighted by Gasteiger charge is -2.20. The van der Waals surface area contributed by atoms with E-state index in [1.54, 1.807) is 6.07 Å². The summed E-state index contributed by atoms with van der Waals surface area (Å²) in [5.74, 6) is -0.0205. The summed E-state index contributed by atoms with van der Waals surface area (Å²) in [6.45, 7) is 2.49. The molecule has 0 radical (unpaired) electrons. The van der Waals surface area contributed by atoms with E-state index in [-0.39, 0.29) is 12.0 Å². The number of hydrogen-bond donors (Lipinski definition) is 1. The summed E-state index contributed by atoms with van der Waals surface area (Å²) in [5.41, 5.74) is 0.591. The molecule has 1 fully saturated rings. The summed E-state index contributed by atoms with van der Waals surface area (Å²) in [6.07, 6.45) is 0.237. The Kier molecular flexibility index (Phi) is 4.25. The Morgan fingerprint density at radius 2 is 2.28 bits per heavy atom. The van der Waals surface area contributed by atoms with Crippen LogP contribution in [0.3, 0.4) is 0 Å². The molecule has 1 aromatic rings. The highest BCUT2D eigenvalue weighted by Gasteiger charge is 2.31. The number of benzene rings is 1. The number of methoxy groups -OCH3 is 1. The van der Waals surface area contributed by atoms with Crippen LogP contribution in [0.2, 0.25) is 0 Å². The molecule has 5 heteroatoms. The molecule has 3 atom stereocenters. The van der Waals surface area contributed by atoms with Gasteiger partial charge in [0, 0.05) is 17.5 Å². The molecule has 0 saturated carbocycles. The quantitative estimate of drug-likeness (QED) is 0.931. The number of aliphatic hydroxyl groups is 1. The van der Waals surface area contributed by atoms with Gasteiger partial charge in [0.1, 0.15) is 11.6 Å². The predicted molar refractivity (Wildman–Crippen MR) is 69.1 cm³/mol. The fourth-order valence-corrected chi connectivity index (χ4v) is 2.64. The van der Waals surface area contributed by atoms with Crippen molar-refractivity contribution in [2.45, 2.75) is 25.6 Å². The molecule has 1 saturated heterocycles. The van der Waals surface area contributed by atoms with Gasteiger partial charge in [-0.3, -0.25) is 0 Å². The number of hydrogen-bond acceptors (Lipinski definition) is 3. The van der Waals surface area contributed by atoms with Gasteiger partial charge in [0.25, 0.3) is 0 Å². The number of aliphatic hydroxyl groups excluding tert-OH is 1. The second-order valence-corrected chi connectivity index (χ2v) is 5.45. The molecule has 0 spiro atoms. The predicted octanol–water partition coefficient (Wildman–Crippen LogP) is 3.06. The van der Waals surface area contributed by atoms with E-state index in [1.807, 2.05) is 6.92 Å². The molecular formula is C13H16BrFO3. The molecule has 1 aromatic carbocycles. The van der Waals surface area contributed by atoms with Gasteiger partial charge in [-0.25, -0.2) is 4.39 Å². The van der Waals surface area contributed by atoms with Crippen molar-refractivity contribution in [1.82, 2.24) is 0 Å². The molecule has 1 heterocycles. The average molecular weight is 319 g/mol. The summed E-state index contributed by atoms with van der Waals surface area (Å²) < 4.78 is 24.3. The summed E-state index contributed by atoms with van der Waals surface area (Å²) in [7, 11) is 1.46. The standard InChI is InChI=1S/C13H16BrFO3/c1-7-3-8(6-18-7)13(16)9-4-10(14)11(15)5-12(9)17-2/h4-5,7-8,13,16H,3,6H2,1-2H3. The van der Waals surface area contributed by atoms with Crippen molar-refractivity contribution in [2.75, 3.05) is 13.7 Å². The molecule has 0 aliphatic carbocycles. The zero-order chi connectivity index (χ0) is 13.3. The van der Waals surface area contributed by atoms with Gasteiger partial charge in [-0.15, -0.1) is 0 Å². The molecule has 2 rings (SSSR count). The van der Waals surface area contributed by atoms with Crippen LogP contribution in [-0.4, -0.2) is 24.9 Å². The Morgan fingerprint density at radius 1 is 1.56 bits per heavy atom. The van der Waals surface area contributed by atoms with Crippen molar-refractivity contribution in [2.24, 2.45) is 5.92 Å². The van der Waals surface area contributed by atoms with Crippen molar-refractivity contribution in [1.29, 1.82) is 0 Å². The fraction of sp³-hybridized carbons (Fsp3) is 0.538. The van der Waals surface area contributed by atoms with Gasteiger partial charge in [-0.1, -0.05) is 0 Å². The van der Waals surface area contributed by atoms with Crippen molar-refractivity contribution in [3.8, 4) is 5.75 Å².